The number of ketones is 1. The molecule has 0 aromatic heterocycles. The van der Waals surface area contributed by atoms with Crippen molar-refractivity contribution < 1.29 is 23.5 Å². The van der Waals surface area contributed by atoms with Crippen LogP contribution in [0.1, 0.15) is 39.0 Å². The molecule has 1 heterocycles. The molecule has 1 fully saturated rings. The molecule has 0 aromatic carbocycles. The number of ether oxygens (including phenoxy) is 2. The molecule has 1 aliphatic rings. The monoisotopic (exact) mass is 258 g/mol. The Balaban J connectivity index is 2.29. The molecule has 1 unspecified atom stereocenters. The van der Waals surface area contributed by atoms with E-state index in [4.69, 9.17) is 4.74 Å². The van der Waals surface area contributed by atoms with Crippen molar-refractivity contribution in [2.24, 2.45) is 0 Å². The molecule has 1 rings (SSSR count). The summed E-state index contributed by atoms with van der Waals surface area (Å²) in [4.78, 5) is 22.6. The average molecular weight is 258 g/mol. The van der Waals surface area contributed by atoms with E-state index in [2.05, 4.69) is 4.74 Å². The van der Waals surface area contributed by atoms with Gasteiger partial charge >= 0.3 is 5.97 Å². The van der Waals surface area contributed by atoms with Crippen LogP contribution in [0.3, 0.4) is 0 Å². The van der Waals surface area contributed by atoms with Crippen LogP contribution in [0.5, 0.6) is 0 Å². The zero-order valence-electron chi connectivity index (χ0n) is 10.6. The molecule has 0 amide bonds. The molecule has 18 heavy (non-hydrogen) atoms. The lowest BCUT2D eigenvalue weighted by Gasteiger charge is -2.20. The third-order valence-corrected chi connectivity index (χ3v) is 2.72. The number of rotatable bonds is 6. The van der Waals surface area contributed by atoms with Gasteiger partial charge in [-0.15, -0.1) is 0 Å². The summed E-state index contributed by atoms with van der Waals surface area (Å²) in [5.41, 5.74) is 0. The lowest BCUT2D eigenvalue weighted by atomic mass is 10.0. The van der Waals surface area contributed by atoms with Gasteiger partial charge in [0.2, 0.25) is 5.83 Å². The molecule has 0 radical (unpaired) electrons. The van der Waals surface area contributed by atoms with E-state index < -0.39 is 11.8 Å². The van der Waals surface area contributed by atoms with Crippen LogP contribution in [0.4, 0.5) is 4.39 Å². The molecule has 1 atom stereocenters. The SMILES string of the molecule is CCOC(=O)C(F)=CCCC(=O)C1CCCCO1. The first-order valence-corrected chi connectivity index (χ1v) is 6.32. The number of allylic oxidation sites excluding steroid dienone is 1. The Bertz CT molecular complexity index is 319. The van der Waals surface area contributed by atoms with E-state index in [1.165, 1.54) is 0 Å². The van der Waals surface area contributed by atoms with Gasteiger partial charge < -0.3 is 9.47 Å². The van der Waals surface area contributed by atoms with E-state index in [1.54, 1.807) is 6.92 Å². The van der Waals surface area contributed by atoms with Crippen molar-refractivity contribution in [2.45, 2.75) is 45.1 Å². The number of carbonyl (C=O) groups excluding carboxylic acids is 2. The maximum absolute atomic E-state index is 13.1. The van der Waals surface area contributed by atoms with Crippen molar-refractivity contribution in [3.8, 4) is 0 Å². The van der Waals surface area contributed by atoms with Gasteiger partial charge in [0.15, 0.2) is 5.78 Å². The predicted molar refractivity (Wildman–Crippen MR) is 63.7 cm³/mol. The van der Waals surface area contributed by atoms with Crippen molar-refractivity contribution in [1.29, 1.82) is 0 Å². The number of carbonyl (C=O) groups is 2. The molecule has 102 valence electrons. The third-order valence-electron chi connectivity index (χ3n) is 2.72. The fourth-order valence-electron chi connectivity index (χ4n) is 1.78. The Kier molecular flexibility index (Phi) is 6.57. The Morgan fingerprint density at radius 2 is 2.22 bits per heavy atom. The van der Waals surface area contributed by atoms with E-state index >= 15 is 0 Å². The van der Waals surface area contributed by atoms with Crippen LogP contribution in [0.25, 0.3) is 0 Å². The maximum atomic E-state index is 13.1. The highest BCUT2D eigenvalue weighted by Crippen LogP contribution is 2.16. The Hall–Kier alpha value is -1.23. The Labute approximate surface area is 106 Å². The van der Waals surface area contributed by atoms with E-state index in [1.807, 2.05) is 0 Å². The largest absolute Gasteiger partial charge is 0.461 e. The average Bonchev–Trinajstić information content (AvgIpc) is 2.39. The minimum atomic E-state index is -0.973. The fourth-order valence-corrected chi connectivity index (χ4v) is 1.78. The van der Waals surface area contributed by atoms with Crippen molar-refractivity contribution in [3.63, 3.8) is 0 Å². The smallest absolute Gasteiger partial charge is 0.366 e. The highest BCUT2D eigenvalue weighted by atomic mass is 19.1. The zero-order valence-corrected chi connectivity index (χ0v) is 10.6. The van der Waals surface area contributed by atoms with E-state index in [0.29, 0.717) is 6.61 Å². The van der Waals surface area contributed by atoms with Gasteiger partial charge in [-0.3, -0.25) is 4.79 Å². The van der Waals surface area contributed by atoms with Gasteiger partial charge in [0, 0.05) is 13.0 Å². The van der Waals surface area contributed by atoms with Crippen LogP contribution < -0.4 is 0 Å². The van der Waals surface area contributed by atoms with Crippen LogP contribution in [0, 0.1) is 0 Å². The first-order chi connectivity index (χ1) is 8.65. The molecule has 1 saturated heterocycles. The van der Waals surface area contributed by atoms with Gasteiger partial charge in [-0.2, -0.15) is 4.39 Å². The molecule has 0 N–H and O–H groups in total. The summed E-state index contributed by atoms with van der Waals surface area (Å²) in [7, 11) is 0. The topological polar surface area (TPSA) is 52.6 Å². The summed E-state index contributed by atoms with van der Waals surface area (Å²) in [6.45, 7) is 2.35. The zero-order chi connectivity index (χ0) is 13.4. The van der Waals surface area contributed by atoms with Crippen molar-refractivity contribution in [3.05, 3.63) is 11.9 Å². The van der Waals surface area contributed by atoms with E-state index in [9.17, 15) is 14.0 Å². The predicted octanol–water partition coefficient (Wildman–Crippen LogP) is 2.32. The van der Waals surface area contributed by atoms with Gasteiger partial charge in [-0.05, 0) is 38.7 Å². The fraction of sp³-hybridized carbons (Fsp3) is 0.692. The third kappa shape index (κ3) is 4.96. The molecule has 0 aromatic rings. The molecule has 0 aliphatic carbocycles. The Morgan fingerprint density at radius 1 is 1.44 bits per heavy atom. The van der Waals surface area contributed by atoms with Crippen LogP contribution in [-0.4, -0.2) is 31.1 Å². The van der Waals surface area contributed by atoms with Crippen LogP contribution >= 0.6 is 0 Å². The van der Waals surface area contributed by atoms with Gasteiger partial charge in [-0.1, -0.05) is 0 Å². The van der Waals surface area contributed by atoms with Crippen molar-refractivity contribution >= 4 is 11.8 Å². The molecule has 1 aliphatic heterocycles. The minimum absolute atomic E-state index is 0.0254. The summed E-state index contributed by atoms with van der Waals surface area (Å²) in [5.74, 6) is -1.93. The number of hydrogen-bond donors (Lipinski definition) is 0. The van der Waals surface area contributed by atoms with Gasteiger partial charge in [0.1, 0.15) is 6.10 Å². The summed E-state index contributed by atoms with van der Waals surface area (Å²) >= 11 is 0. The first-order valence-electron chi connectivity index (χ1n) is 6.32. The van der Waals surface area contributed by atoms with E-state index in [0.717, 1.165) is 25.3 Å². The highest BCUT2D eigenvalue weighted by Gasteiger charge is 2.21. The van der Waals surface area contributed by atoms with Crippen LogP contribution in [0.2, 0.25) is 0 Å². The molecule has 0 bridgehead atoms. The van der Waals surface area contributed by atoms with Gasteiger partial charge in [0.25, 0.3) is 0 Å². The first kappa shape index (κ1) is 14.8. The molecule has 0 saturated carbocycles. The molecule has 4 nitrogen and oxygen atoms in total. The second-order valence-electron chi connectivity index (χ2n) is 4.13. The standard InChI is InChI=1S/C13H19FO4/c1-2-17-13(16)10(14)6-5-7-11(15)12-8-3-4-9-18-12/h6,12H,2-5,7-9H2,1H3. The Morgan fingerprint density at radius 3 is 2.83 bits per heavy atom. The lowest BCUT2D eigenvalue weighted by Crippen LogP contribution is -2.27. The van der Waals surface area contributed by atoms with Crippen LogP contribution in [0.15, 0.2) is 11.9 Å². The normalized spacial score (nSPS) is 20.6. The van der Waals surface area contributed by atoms with Gasteiger partial charge in [0.05, 0.1) is 6.61 Å². The minimum Gasteiger partial charge on any atom is -0.461 e. The summed E-state index contributed by atoms with van der Waals surface area (Å²) in [6.07, 6.45) is 3.85. The number of Topliss-reactive ketones (excluding diaryl/α,β-unsaturated/α-hetero) is 1. The van der Waals surface area contributed by atoms with Gasteiger partial charge in [-0.25, -0.2) is 4.79 Å². The summed E-state index contributed by atoms with van der Waals surface area (Å²) in [5, 5.41) is 0. The van der Waals surface area contributed by atoms with Crippen molar-refractivity contribution in [1.82, 2.24) is 0 Å². The molecular weight excluding hydrogens is 239 g/mol. The van der Waals surface area contributed by atoms with E-state index in [-0.39, 0.29) is 31.3 Å². The highest BCUT2D eigenvalue weighted by molar-refractivity contribution is 5.86. The lowest BCUT2D eigenvalue weighted by molar-refractivity contribution is -0.140. The molecule has 5 heteroatoms. The second kappa shape index (κ2) is 7.97. The number of esters is 1. The summed E-state index contributed by atoms with van der Waals surface area (Å²) in [6, 6.07) is 0. The maximum Gasteiger partial charge on any atom is 0.366 e. The molecule has 0 spiro atoms. The second-order valence-corrected chi connectivity index (χ2v) is 4.13. The quantitative estimate of drug-likeness (QED) is 0.542. The van der Waals surface area contributed by atoms with Crippen molar-refractivity contribution in [2.75, 3.05) is 13.2 Å². The number of hydrogen-bond acceptors (Lipinski definition) is 4. The number of halogens is 1. The molecular formula is C13H19FO4. The van der Waals surface area contributed by atoms with Crippen LogP contribution in [-0.2, 0) is 19.1 Å². The summed E-state index contributed by atoms with van der Waals surface area (Å²) < 4.78 is 22.9.